The Bertz CT molecular complexity index is 1040. The molecule has 0 amide bonds. The summed E-state index contributed by atoms with van der Waals surface area (Å²) in [5.41, 5.74) is 3.80. The van der Waals surface area contributed by atoms with Gasteiger partial charge in [-0.1, -0.05) is 29.8 Å². The Morgan fingerprint density at radius 2 is 1.58 bits per heavy atom. The number of hydrogen-bond donors (Lipinski definition) is 1. The lowest BCUT2D eigenvalue weighted by atomic mass is 9.79. The predicted octanol–water partition coefficient (Wildman–Crippen LogP) is 4.36. The van der Waals surface area contributed by atoms with Gasteiger partial charge in [0.25, 0.3) is 0 Å². The van der Waals surface area contributed by atoms with Crippen LogP contribution in [0.1, 0.15) is 36.9 Å². The lowest BCUT2D eigenvalue weighted by Gasteiger charge is -2.39. The van der Waals surface area contributed by atoms with Gasteiger partial charge in [0.2, 0.25) is 0 Å². The van der Waals surface area contributed by atoms with Crippen molar-refractivity contribution in [3.63, 3.8) is 0 Å². The van der Waals surface area contributed by atoms with E-state index in [2.05, 4.69) is 31.2 Å². The zero-order valence-corrected chi connectivity index (χ0v) is 18.0. The zero-order valence-electron chi connectivity index (χ0n) is 18.0. The van der Waals surface area contributed by atoms with Crippen LogP contribution >= 0.6 is 0 Å². The lowest BCUT2D eigenvalue weighted by molar-refractivity contribution is -0.204. The molecule has 2 heterocycles. The third kappa shape index (κ3) is 3.76. The van der Waals surface area contributed by atoms with Gasteiger partial charge >= 0.3 is 0 Å². The normalized spacial score (nSPS) is 19.6. The maximum Gasteiger partial charge on any atom is 0.168 e. The van der Waals surface area contributed by atoms with Crippen molar-refractivity contribution in [2.45, 2.75) is 44.0 Å². The van der Waals surface area contributed by atoms with Gasteiger partial charge in [0.15, 0.2) is 5.79 Å². The van der Waals surface area contributed by atoms with Gasteiger partial charge in [-0.15, -0.1) is 0 Å². The summed E-state index contributed by atoms with van der Waals surface area (Å²) in [5.74, 6) is 0.269. The van der Waals surface area contributed by atoms with Crippen molar-refractivity contribution in [2.75, 3.05) is 20.3 Å². The highest BCUT2D eigenvalue weighted by molar-refractivity contribution is 5.63. The summed E-state index contributed by atoms with van der Waals surface area (Å²) < 4.78 is 18.9. The number of aryl methyl sites for hydroxylation is 1. The predicted molar refractivity (Wildman–Crippen MR) is 117 cm³/mol. The van der Waals surface area contributed by atoms with Gasteiger partial charge in [0, 0.05) is 18.4 Å². The molecule has 2 aliphatic rings. The van der Waals surface area contributed by atoms with E-state index < -0.39 is 11.4 Å². The first-order chi connectivity index (χ1) is 15.0. The van der Waals surface area contributed by atoms with E-state index >= 15 is 0 Å². The Morgan fingerprint density at radius 1 is 0.935 bits per heavy atom. The molecule has 1 saturated carbocycles. The molecule has 0 unspecified atom stereocenters. The second kappa shape index (κ2) is 7.79. The molecule has 1 aromatic heterocycles. The largest absolute Gasteiger partial charge is 0.497 e. The molecule has 1 N–H and O–H groups in total. The smallest absolute Gasteiger partial charge is 0.168 e. The molecule has 1 aliphatic carbocycles. The van der Waals surface area contributed by atoms with E-state index in [1.807, 2.05) is 35.0 Å². The first-order valence-electron chi connectivity index (χ1n) is 10.8. The van der Waals surface area contributed by atoms with Gasteiger partial charge in [-0.05, 0) is 50.1 Å². The third-order valence-corrected chi connectivity index (χ3v) is 6.50. The maximum absolute atomic E-state index is 11.5. The molecule has 31 heavy (non-hydrogen) atoms. The van der Waals surface area contributed by atoms with Gasteiger partial charge in [0.05, 0.1) is 37.4 Å². The highest BCUT2D eigenvalue weighted by atomic mass is 16.7. The number of benzene rings is 2. The molecule has 2 fully saturated rings. The summed E-state index contributed by atoms with van der Waals surface area (Å²) in [5, 5.41) is 16.4. The second-order valence-electron chi connectivity index (χ2n) is 8.53. The maximum atomic E-state index is 11.5. The Labute approximate surface area is 182 Å². The minimum atomic E-state index is -1.00. The Morgan fingerprint density at radius 3 is 2.19 bits per heavy atom. The van der Waals surface area contributed by atoms with Crippen LogP contribution in [-0.4, -0.2) is 41.0 Å². The molecule has 1 aliphatic heterocycles. The molecule has 1 saturated heterocycles. The van der Waals surface area contributed by atoms with E-state index in [4.69, 9.17) is 19.3 Å². The monoisotopic (exact) mass is 420 g/mol. The number of nitrogens with zero attached hydrogens (tertiary/aromatic N) is 2. The van der Waals surface area contributed by atoms with Crippen LogP contribution in [-0.2, 0) is 15.1 Å². The first-order valence-corrected chi connectivity index (χ1v) is 10.8. The quantitative estimate of drug-likeness (QED) is 0.679. The summed E-state index contributed by atoms with van der Waals surface area (Å²) in [6.07, 6.45) is 2.44. The number of aliphatic hydroxyl groups is 1. The Hall–Kier alpha value is -2.67. The fourth-order valence-electron chi connectivity index (χ4n) is 4.55. The second-order valence-corrected chi connectivity index (χ2v) is 8.53. The number of ether oxygens (including phenoxy) is 3. The molecule has 0 atom stereocenters. The van der Waals surface area contributed by atoms with Gasteiger partial charge in [-0.2, -0.15) is 5.10 Å². The van der Waals surface area contributed by atoms with Gasteiger partial charge < -0.3 is 19.3 Å². The van der Waals surface area contributed by atoms with Crippen LogP contribution < -0.4 is 4.74 Å². The fraction of sp³-hybridized carbons (Fsp3) is 0.400. The van der Waals surface area contributed by atoms with Crippen LogP contribution in [0.5, 0.6) is 5.75 Å². The average Bonchev–Trinajstić information content (AvgIpc) is 3.45. The standard InChI is InChI=1S/C25H28N2O4/c1-18-3-5-19(6-4-18)22-17-23(26-27(22)20-7-9-21(29-2)10-8-20)24(28)11-13-25(14-12-24)30-15-16-31-25/h3-10,17,28H,11-16H2,1-2H3. The summed E-state index contributed by atoms with van der Waals surface area (Å²) in [6.45, 7) is 3.33. The van der Waals surface area contributed by atoms with Crippen molar-refractivity contribution < 1.29 is 19.3 Å². The average molecular weight is 421 g/mol. The summed E-state index contributed by atoms with van der Waals surface area (Å²) >= 11 is 0. The van der Waals surface area contributed by atoms with E-state index in [1.165, 1.54) is 5.56 Å². The first kappa shape index (κ1) is 20.2. The highest BCUT2D eigenvalue weighted by Crippen LogP contribution is 2.45. The van der Waals surface area contributed by atoms with E-state index in [-0.39, 0.29) is 0 Å². The molecular formula is C25H28N2O4. The van der Waals surface area contributed by atoms with Crippen LogP contribution in [0.2, 0.25) is 0 Å². The molecule has 5 rings (SSSR count). The van der Waals surface area contributed by atoms with Gasteiger partial charge in [0.1, 0.15) is 11.4 Å². The lowest BCUT2D eigenvalue weighted by Crippen LogP contribution is -2.42. The summed E-state index contributed by atoms with van der Waals surface area (Å²) in [6, 6.07) is 18.2. The molecule has 162 valence electrons. The molecule has 6 heteroatoms. The molecule has 6 nitrogen and oxygen atoms in total. The van der Waals surface area contributed by atoms with Gasteiger partial charge in [-0.3, -0.25) is 0 Å². The SMILES string of the molecule is COc1ccc(-n2nc(C3(O)CCC4(CC3)OCCO4)cc2-c2ccc(C)cc2)cc1. The highest BCUT2D eigenvalue weighted by Gasteiger charge is 2.47. The van der Waals surface area contributed by atoms with Crippen molar-refractivity contribution in [1.29, 1.82) is 0 Å². The number of aromatic nitrogens is 2. The van der Waals surface area contributed by atoms with Crippen LogP contribution in [0.25, 0.3) is 16.9 Å². The molecule has 0 bridgehead atoms. The molecule has 3 aromatic rings. The van der Waals surface area contributed by atoms with Crippen LogP contribution in [0.15, 0.2) is 54.6 Å². The van der Waals surface area contributed by atoms with Crippen molar-refractivity contribution in [2.24, 2.45) is 0 Å². The number of methoxy groups -OCH3 is 1. The number of rotatable bonds is 4. The van der Waals surface area contributed by atoms with Crippen molar-refractivity contribution >= 4 is 0 Å². The zero-order chi connectivity index (χ0) is 21.5. The van der Waals surface area contributed by atoms with Crippen molar-refractivity contribution in [3.8, 4) is 22.7 Å². The van der Waals surface area contributed by atoms with Gasteiger partial charge in [-0.25, -0.2) is 4.68 Å². The Kier molecular flexibility index (Phi) is 5.08. The minimum Gasteiger partial charge on any atom is -0.497 e. The molecular weight excluding hydrogens is 392 g/mol. The Balaban J connectivity index is 1.53. The molecule has 1 spiro atoms. The van der Waals surface area contributed by atoms with E-state index in [0.717, 1.165) is 22.7 Å². The molecule has 2 aromatic carbocycles. The number of hydrogen-bond acceptors (Lipinski definition) is 5. The van der Waals surface area contributed by atoms with Crippen LogP contribution in [0, 0.1) is 6.92 Å². The minimum absolute atomic E-state index is 0.523. The van der Waals surface area contributed by atoms with Crippen molar-refractivity contribution in [3.05, 3.63) is 65.9 Å². The summed E-state index contributed by atoms with van der Waals surface area (Å²) in [4.78, 5) is 0. The third-order valence-electron chi connectivity index (χ3n) is 6.50. The fourth-order valence-corrected chi connectivity index (χ4v) is 4.55. The summed E-state index contributed by atoms with van der Waals surface area (Å²) in [7, 11) is 1.65. The van der Waals surface area contributed by atoms with Crippen molar-refractivity contribution in [1.82, 2.24) is 9.78 Å². The van der Waals surface area contributed by atoms with Crippen LogP contribution in [0.4, 0.5) is 0 Å². The van der Waals surface area contributed by atoms with E-state index in [0.29, 0.717) is 44.6 Å². The van der Waals surface area contributed by atoms with Crippen LogP contribution in [0.3, 0.4) is 0 Å². The van der Waals surface area contributed by atoms with E-state index in [9.17, 15) is 5.11 Å². The van der Waals surface area contributed by atoms with E-state index in [1.54, 1.807) is 7.11 Å². The molecule has 0 radical (unpaired) electrons. The topological polar surface area (TPSA) is 65.7 Å².